The van der Waals surface area contributed by atoms with E-state index in [9.17, 15) is 9.59 Å². The number of hydrogen-bond acceptors (Lipinski definition) is 3. The van der Waals surface area contributed by atoms with Gasteiger partial charge < -0.3 is 10.1 Å². The molecule has 0 fully saturated rings. The Bertz CT molecular complexity index is 968. The lowest BCUT2D eigenvalue weighted by Gasteiger charge is -2.42. The number of ether oxygens (including phenoxy) is 1. The van der Waals surface area contributed by atoms with Crippen LogP contribution < -0.4 is 5.32 Å². The van der Waals surface area contributed by atoms with Crippen molar-refractivity contribution in [1.82, 2.24) is 5.32 Å². The third-order valence-corrected chi connectivity index (χ3v) is 7.80. The monoisotopic (exact) mass is 463 g/mol. The number of unbranched alkanes of at least 4 members (excludes halogenated alkanes) is 1. The Balaban J connectivity index is 1.56. The molecule has 0 spiro atoms. The molecule has 184 valence electrons. The average molecular weight is 464 g/mol. The van der Waals surface area contributed by atoms with Gasteiger partial charge in [-0.15, -0.1) is 0 Å². The summed E-state index contributed by atoms with van der Waals surface area (Å²) in [7, 11) is 1.36. The molecule has 1 amide bonds. The standard InChI is InChI=1S/C30H41NO3/c1-21(2)24-16-17-26-25(20-24)15-14-22(3)30(26,4)18-10-9-13-28(32)31-27(29(33)34-5)19-23-11-7-6-8-12-23/h6-8,11-12,16-17,20-22,27H,9-10,13-15,18-19H2,1-5H3,(H,31,32)/t22-,27+,30+/m1/s1. The molecule has 0 saturated heterocycles. The Morgan fingerprint density at radius 2 is 1.85 bits per heavy atom. The first-order chi connectivity index (χ1) is 16.2. The van der Waals surface area contributed by atoms with Gasteiger partial charge in [-0.25, -0.2) is 4.79 Å². The fourth-order valence-electron chi connectivity index (χ4n) is 5.30. The Morgan fingerprint density at radius 3 is 2.53 bits per heavy atom. The molecule has 0 saturated carbocycles. The van der Waals surface area contributed by atoms with Gasteiger partial charge in [0.15, 0.2) is 0 Å². The van der Waals surface area contributed by atoms with Crippen molar-refractivity contribution in [3.8, 4) is 0 Å². The van der Waals surface area contributed by atoms with Crippen molar-refractivity contribution >= 4 is 11.9 Å². The van der Waals surface area contributed by atoms with Gasteiger partial charge in [0.25, 0.3) is 0 Å². The maximum atomic E-state index is 12.6. The molecule has 3 atom stereocenters. The van der Waals surface area contributed by atoms with Gasteiger partial charge in [-0.3, -0.25) is 4.79 Å². The fourth-order valence-corrected chi connectivity index (χ4v) is 5.30. The van der Waals surface area contributed by atoms with Gasteiger partial charge in [0.1, 0.15) is 6.04 Å². The summed E-state index contributed by atoms with van der Waals surface area (Å²) in [6.45, 7) is 9.28. The van der Waals surface area contributed by atoms with E-state index in [0.717, 1.165) is 31.2 Å². The number of fused-ring (bicyclic) bond motifs is 1. The van der Waals surface area contributed by atoms with Crippen molar-refractivity contribution in [2.45, 2.75) is 90.0 Å². The molecule has 3 rings (SSSR count). The Kier molecular flexibility index (Phi) is 8.93. The third kappa shape index (κ3) is 6.28. The van der Waals surface area contributed by atoms with Crippen LogP contribution in [0, 0.1) is 5.92 Å². The van der Waals surface area contributed by atoms with Crippen LogP contribution in [0.1, 0.15) is 88.0 Å². The van der Waals surface area contributed by atoms with E-state index in [2.05, 4.69) is 51.2 Å². The second kappa shape index (κ2) is 11.7. The van der Waals surface area contributed by atoms with Gasteiger partial charge >= 0.3 is 5.97 Å². The van der Waals surface area contributed by atoms with Gasteiger partial charge in [-0.1, -0.05) is 82.6 Å². The highest BCUT2D eigenvalue weighted by atomic mass is 16.5. The number of methoxy groups -OCH3 is 1. The SMILES string of the molecule is COC(=O)[C@H](Cc1ccccc1)NC(=O)CCCC[C@]1(C)c2ccc(C(C)C)cc2CC[C@H]1C. The number of hydrogen-bond donors (Lipinski definition) is 1. The van der Waals surface area contributed by atoms with E-state index in [1.165, 1.54) is 30.2 Å². The molecule has 2 aromatic carbocycles. The highest BCUT2D eigenvalue weighted by Crippen LogP contribution is 2.45. The van der Waals surface area contributed by atoms with Crippen LogP contribution in [0.2, 0.25) is 0 Å². The lowest BCUT2D eigenvalue weighted by Crippen LogP contribution is -2.43. The molecule has 0 aromatic heterocycles. The summed E-state index contributed by atoms with van der Waals surface area (Å²) in [6.07, 6.45) is 6.10. The number of aryl methyl sites for hydroxylation is 1. The number of carbonyl (C=O) groups is 2. The number of benzene rings is 2. The van der Waals surface area contributed by atoms with Crippen molar-refractivity contribution in [3.63, 3.8) is 0 Å². The molecule has 0 radical (unpaired) electrons. The Labute approximate surface area is 205 Å². The summed E-state index contributed by atoms with van der Waals surface area (Å²) in [4.78, 5) is 24.9. The van der Waals surface area contributed by atoms with Crippen molar-refractivity contribution in [2.75, 3.05) is 7.11 Å². The fraction of sp³-hybridized carbons (Fsp3) is 0.533. The van der Waals surface area contributed by atoms with E-state index in [1.807, 2.05) is 30.3 Å². The molecule has 0 aliphatic heterocycles. The molecule has 1 aliphatic carbocycles. The van der Waals surface area contributed by atoms with Crippen LogP contribution >= 0.6 is 0 Å². The first-order valence-electron chi connectivity index (χ1n) is 12.8. The molecule has 0 heterocycles. The number of carbonyl (C=O) groups excluding carboxylic acids is 2. The molecular formula is C30H41NO3. The molecule has 2 aromatic rings. The van der Waals surface area contributed by atoms with Crippen LogP contribution in [0.3, 0.4) is 0 Å². The van der Waals surface area contributed by atoms with Crippen molar-refractivity contribution in [2.24, 2.45) is 5.92 Å². The summed E-state index contributed by atoms with van der Waals surface area (Å²) in [5.41, 5.74) is 5.56. The van der Waals surface area contributed by atoms with Crippen LogP contribution in [0.5, 0.6) is 0 Å². The first-order valence-corrected chi connectivity index (χ1v) is 12.8. The number of nitrogens with one attached hydrogen (secondary N) is 1. The third-order valence-electron chi connectivity index (χ3n) is 7.80. The molecule has 4 nitrogen and oxygen atoms in total. The predicted molar refractivity (Wildman–Crippen MR) is 138 cm³/mol. The lowest BCUT2D eigenvalue weighted by molar-refractivity contribution is -0.145. The topological polar surface area (TPSA) is 55.4 Å². The minimum atomic E-state index is -0.655. The Hall–Kier alpha value is -2.62. The van der Waals surface area contributed by atoms with E-state index < -0.39 is 12.0 Å². The van der Waals surface area contributed by atoms with Gasteiger partial charge in [0, 0.05) is 12.8 Å². The van der Waals surface area contributed by atoms with Crippen molar-refractivity contribution in [1.29, 1.82) is 0 Å². The van der Waals surface area contributed by atoms with E-state index in [0.29, 0.717) is 24.7 Å². The van der Waals surface area contributed by atoms with Crippen LogP contribution in [0.4, 0.5) is 0 Å². The molecular weight excluding hydrogens is 422 g/mol. The zero-order valence-corrected chi connectivity index (χ0v) is 21.5. The zero-order valence-electron chi connectivity index (χ0n) is 21.5. The second-order valence-electron chi connectivity index (χ2n) is 10.5. The summed E-state index contributed by atoms with van der Waals surface area (Å²) >= 11 is 0. The zero-order chi connectivity index (χ0) is 24.7. The van der Waals surface area contributed by atoms with Crippen molar-refractivity contribution in [3.05, 3.63) is 70.8 Å². The highest BCUT2D eigenvalue weighted by molar-refractivity contribution is 5.84. The van der Waals surface area contributed by atoms with Crippen LogP contribution in [0.15, 0.2) is 48.5 Å². The smallest absolute Gasteiger partial charge is 0.328 e. The van der Waals surface area contributed by atoms with Gasteiger partial charge in [-0.2, -0.15) is 0 Å². The number of esters is 1. The molecule has 1 N–H and O–H groups in total. The van der Waals surface area contributed by atoms with Crippen LogP contribution in [0.25, 0.3) is 0 Å². The molecule has 0 unspecified atom stereocenters. The quantitative estimate of drug-likeness (QED) is 0.342. The normalized spacial score (nSPS) is 20.5. The summed E-state index contributed by atoms with van der Waals surface area (Å²) in [6, 6.07) is 16.1. The van der Waals surface area contributed by atoms with Crippen molar-refractivity contribution < 1.29 is 14.3 Å². The largest absolute Gasteiger partial charge is 0.467 e. The summed E-state index contributed by atoms with van der Waals surface area (Å²) in [5.74, 6) is 0.673. The van der Waals surface area contributed by atoms with Gasteiger partial charge in [-0.05, 0) is 65.2 Å². The van der Waals surface area contributed by atoms with E-state index in [4.69, 9.17) is 4.74 Å². The molecule has 34 heavy (non-hydrogen) atoms. The van der Waals surface area contributed by atoms with E-state index in [1.54, 1.807) is 0 Å². The van der Waals surface area contributed by atoms with Crippen LogP contribution in [-0.2, 0) is 32.6 Å². The van der Waals surface area contributed by atoms with E-state index >= 15 is 0 Å². The van der Waals surface area contributed by atoms with E-state index in [-0.39, 0.29) is 11.3 Å². The average Bonchev–Trinajstić information content (AvgIpc) is 2.84. The highest BCUT2D eigenvalue weighted by Gasteiger charge is 2.37. The maximum absolute atomic E-state index is 12.6. The predicted octanol–water partition coefficient (Wildman–Crippen LogP) is 6.11. The minimum Gasteiger partial charge on any atom is -0.467 e. The summed E-state index contributed by atoms with van der Waals surface area (Å²) in [5, 5.41) is 2.89. The summed E-state index contributed by atoms with van der Waals surface area (Å²) < 4.78 is 4.92. The minimum absolute atomic E-state index is 0.0878. The maximum Gasteiger partial charge on any atom is 0.328 e. The van der Waals surface area contributed by atoms with Gasteiger partial charge in [0.2, 0.25) is 5.91 Å². The second-order valence-corrected chi connectivity index (χ2v) is 10.5. The molecule has 4 heteroatoms. The first kappa shape index (κ1) is 26.0. The van der Waals surface area contributed by atoms with Crippen LogP contribution in [-0.4, -0.2) is 25.0 Å². The number of rotatable bonds is 10. The van der Waals surface area contributed by atoms with Gasteiger partial charge in [0.05, 0.1) is 7.11 Å². The molecule has 1 aliphatic rings. The number of amides is 1. The Morgan fingerprint density at radius 1 is 1.12 bits per heavy atom. The lowest BCUT2D eigenvalue weighted by atomic mass is 9.62. The molecule has 0 bridgehead atoms.